The van der Waals surface area contributed by atoms with Crippen LogP contribution in [0.5, 0.6) is 0 Å². The van der Waals surface area contributed by atoms with Gasteiger partial charge >= 0.3 is 0 Å². The zero-order valence-corrected chi connectivity index (χ0v) is 8.50. The highest BCUT2D eigenvalue weighted by Crippen LogP contribution is 2.50. The highest BCUT2D eigenvalue weighted by molar-refractivity contribution is 5.15. The van der Waals surface area contributed by atoms with E-state index in [9.17, 15) is 0 Å². The number of rotatable bonds is 3. The monoisotopic (exact) mass is 180 g/mol. The zero-order chi connectivity index (χ0) is 9.47. The lowest BCUT2D eigenvalue weighted by Crippen LogP contribution is -2.04. The van der Waals surface area contributed by atoms with Gasteiger partial charge in [0.25, 0.3) is 0 Å². The molecule has 0 spiro atoms. The summed E-state index contributed by atoms with van der Waals surface area (Å²) in [6, 6.07) is 0. The molecule has 1 aromatic heterocycles. The second-order valence-corrected chi connectivity index (χ2v) is 4.25. The molecule has 1 fully saturated rings. The van der Waals surface area contributed by atoms with Crippen molar-refractivity contribution in [2.75, 3.05) is 0 Å². The standard InChI is InChI=1S/C10H16N2O/c1-4-10(5-6-10)9-11-8(7(2)3)12-13-9/h7H,4-6H2,1-3H3. The van der Waals surface area contributed by atoms with Gasteiger partial charge in [0.2, 0.25) is 5.89 Å². The van der Waals surface area contributed by atoms with E-state index in [1.165, 1.54) is 12.8 Å². The Balaban J connectivity index is 2.23. The summed E-state index contributed by atoms with van der Waals surface area (Å²) in [4.78, 5) is 4.44. The van der Waals surface area contributed by atoms with Crippen LogP contribution >= 0.6 is 0 Å². The van der Waals surface area contributed by atoms with Crippen LogP contribution in [-0.4, -0.2) is 10.1 Å². The topological polar surface area (TPSA) is 38.9 Å². The van der Waals surface area contributed by atoms with Gasteiger partial charge in [-0.2, -0.15) is 4.98 Å². The van der Waals surface area contributed by atoms with Gasteiger partial charge in [-0.25, -0.2) is 0 Å². The molecule has 1 aliphatic rings. The molecule has 0 amide bonds. The van der Waals surface area contributed by atoms with E-state index in [0.717, 1.165) is 18.1 Å². The van der Waals surface area contributed by atoms with Crippen LogP contribution in [0.2, 0.25) is 0 Å². The van der Waals surface area contributed by atoms with Gasteiger partial charge < -0.3 is 4.52 Å². The fraction of sp³-hybridized carbons (Fsp3) is 0.800. The van der Waals surface area contributed by atoms with Gasteiger partial charge in [0.1, 0.15) is 0 Å². The van der Waals surface area contributed by atoms with Crippen LogP contribution in [0.15, 0.2) is 4.52 Å². The van der Waals surface area contributed by atoms with Gasteiger partial charge in [-0.15, -0.1) is 0 Å². The Morgan fingerprint density at radius 3 is 2.54 bits per heavy atom. The van der Waals surface area contributed by atoms with Gasteiger partial charge in [0.15, 0.2) is 5.82 Å². The molecule has 1 aromatic rings. The Morgan fingerprint density at radius 2 is 2.15 bits per heavy atom. The van der Waals surface area contributed by atoms with E-state index in [2.05, 4.69) is 30.9 Å². The van der Waals surface area contributed by atoms with Crippen LogP contribution in [0, 0.1) is 0 Å². The SMILES string of the molecule is CCC1(c2nc(C(C)C)no2)CC1. The van der Waals surface area contributed by atoms with E-state index in [-0.39, 0.29) is 5.41 Å². The minimum absolute atomic E-state index is 0.250. The van der Waals surface area contributed by atoms with Gasteiger partial charge in [-0.1, -0.05) is 25.9 Å². The molecule has 0 atom stereocenters. The highest BCUT2D eigenvalue weighted by Gasteiger charge is 2.47. The summed E-state index contributed by atoms with van der Waals surface area (Å²) in [6.45, 7) is 6.35. The third kappa shape index (κ3) is 1.36. The van der Waals surface area contributed by atoms with Crippen molar-refractivity contribution in [3.8, 4) is 0 Å². The quantitative estimate of drug-likeness (QED) is 0.717. The van der Waals surface area contributed by atoms with E-state index >= 15 is 0 Å². The maximum absolute atomic E-state index is 5.28. The molecule has 0 saturated heterocycles. The maximum Gasteiger partial charge on any atom is 0.232 e. The molecule has 2 rings (SSSR count). The van der Waals surface area contributed by atoms with Gasteiger partial charge in [-0.05, 0) is 19.3 Å². The molecule has 3 nitrogen and oxygen atoms in total. The minimum Gasteiger partial charge on any atom is -0.339 e. The third-order valence-corrected chi connectivity index (χ3v) is 2.94. The zero-order valence-electron chi connectivity index (χ0n) is 8.50. The smallest absolute Gasteiger partial charge is 0.232 e. The van der Waals surface area contributed by atoms with E-state index in [1.807, 2.05) is 0 Å². The summed E-state index contributed by atoms with van der Waals surface area (Å²) < 4.78 is 5.28. The highest BCUT2D eigenvalue weighted by atomic mass is 16.5. The molecule has 0 N–H and O–H groups in total. The van der Waals surface area contributed by atoms with Crippen LogP contribution < -0.4 is 0 Å². The molecule has 0 unspecified atom stereocenters. The van der Waals surface area contributed by atoms with Crippen molar-refractivity contribution < 1.29 is 4.52 Å². The van der Waals surface area contributed by atoms with Crippen LogP contribution in [0.25, 0.3) is 0 Å². The third-order valence-electron chi connectivity index (χ3n) is 2.94. The Bertz CT molecular complexity index is 300. The molecule has 13 heavy (non-hydrogen) atoms. The van der Waals surface area contributed by atoms with E-state index in [0.29, 0.717) is 5.92 Å². The Kier molecular flexibility index (Phi) is 1.90. The molecule has 1 saturated carbocycles. The Hall–Kier alpha value is -0.860. The summed E-state index contributed by atoms with van der Waals surface area (Å²) in [6.07, 6.45) is 3.54. The average Bonchev–Trinajstić information content (AvgIpc) is 2.75. The predicted molar refractivity (Wildman–Crippen MR) is 49.6 cm³/mol. The summed E-state index contributed by atoms with van der Waals surface area (Å²) >= 11 is 0. The molecular weight excluding hydrogens is 164 g/mol. The minimum atomic E-state index is 0.250. The molecule has 0 aromatic carbocycles. The molecule has 1 aliphatic carbocycles. The lowest BCUT2D eigenvalue weighted by atomic mass is 10.0. The van der Waals surface area contributed by atoms with E-state index in [4.69, 9.17) is 4.52 Å². The fourth-order valence-corrected chi connectivity index (χ4v) is 1.55. The van der Waals surface area contributed by atoms with Crippen molar-refractivity contribution in [3.05, 3.63) is 11.7 Å². The second kappa shape index (κ2) is 2.82. The van der Waals surface area contributed by atoms with Crippen LogP contribution in [0.1, 0.15) is 57.7 Å². The van der Waals surface area contributed by atoms with Crippen molar-refractivity contribution >= 4 is 0 Å². The van der Waals surface area contributed by atoms with E-state index in [1.54, 1.807) is 0 Å². The normalized spacial score (nSPS) is 19.4. The first-order chi connectivity index (χ1) is 6.18. The molecular formula is C10H16N2O. The van der Waals surface area contributed by atoms with Crippen molar-refractivity contribution in [1.82, 2.24) is 10.1 Å². The van der Waals surface area contributed by atoms with Gasteiger partial charge in [0, 0.05) is 11.3 Å². The van der Waals surface area contributed by atoms with Crippen LogP contribution in [0.4, 0.5) is 0 Å². The number of hydrogen-bond donors (Lipinski definition) is 0. The molecule has 0 bridgehead atoms. The van der Waals surface area contributed by atoms with Crippen molar-refractivity contribution in [1.29, 1.82) is 0 Å². The number of aromatic nitrogens is 2. The first-order valence-electron chi connectivity index (χ1n) is 5.02. The van der Waals surface area contributed by atoms with E-state index < -0.39 is 0 Å². The summed E-state index contributed by atoms with van der Waals surface area (Å²) in [5, 5.41) is 3.98. The second-order valence-electron chi connectivity index (χ2n) is 4.25. The fourth-order valence-electron chi connectivity index (χ4n) is 1.55. The first kappa shape index (κ1) is 8.73. The number of nitrogens with zero attached hydrogens (tertiary/aromatic N) is 2. The van der Waals surface area contributed by atoms with Gasteiger partial charge in [0.05, 0.1) is 0 Å². The summed E-state index contributed by atoms with van der Waals surface area (Å²) in [7, 11) is 0. The lowest BCUT2D eigenvalue weighted by Gasteiger charge is -2.03. The first-order valence-corrected chi connectivity index (χ1v) is 5.02. The van der Waals surface area contributed by atoms with Crippen molar-refractivity contribution in [3.63, 3.8) is 0 Å². The number of hydrogen-bond acceptors (Lipinski definition) is 3. The molecule has 72 valence electrons. The lowest BCUT2D eigenvalue weighted by molar-refractivity contribution is 0.337. The van der Waals surface area contributed by atoms with Crippen LogP contribution in [-0.2, 0) is 5.41 Å². The molecule has 1 heterocycles. The average molecular weight is 180 g/mol. The summed E-state index contributed by atoms with van der Waals surface area (Å²) in [5.74, 6) is 2.07. The van der Waals surface area contributed by atoms with Crippen molar-refractivity contribution in [2.45, 2.75) is 51.4 Å². The Labute approximate surface area is 78.5 Å². The largest absolute Gasteiger partial charge is 0.339 e. The Morgan fingerprint density at radius 1 is 1.46 bits per heavy atom. The predicted octanol–water partition coefficient (Wildman–Crippen LogP) is 2.63. The molecule has 0 aliphatic heterocycles. The summed E-state index contributed by atoms with van der Waals surface area (Å²) in [5.41, 5.74) is 0.250. The molecule has 0 radical (unpaired) electrons. The van der Waals surface area contributed by atoms with Crippen LogP contribution in [0.3, 0.4) is 0 Å². The maximum atomic E-state index is 5.28. The van der Waals surface area contributed by atoms with Crippen molar-refractivity contribution in [2.24, 2.45) is 0 Å². The van der Waals surface area contributed by atoms with Gasteiger partial charge in [-0.3, -0.25) is 0 Å². The molecule has 3 heteroatoms.